The third-order valence-corrected chi connectivity index (χ3v) is 6.48. The number of carbonyl (C=O) groups is 1. The van der Waals surface area contributed by atoms with Crippen LogP contribution >= 0.6 is 0 Å². The number of benzene rings is 2. The van der Waals surface area contributed by atoms with E-state index in [1.807, 2.05) is 11.0 Å². The SMILES string of the molecule is CN1CCN(C(=O)[C@H]2C[C@@H](NCc3cccc(F)c3)C[C@@H]2c2ccc(F)cc2)CC1. The first-order valence-electron chi connectivity index (χ1n) is 10.7. The Hall–Kier alpha value is -2.31. The number of amides is 1. The maximum absolute atomic E-state index is 13.5. The summed E-state index contributed by atoms with van der Waals surface area (Å²) in [4.78, 5) is 17.6. The molecule has 6 heteroatoms. The molecule has 4 rings (SSSR count). The molecule has 3 atom stereocenters. The number of nitrogens with zero attached hydrogens (tertiary/aromatic N) is 2. The molecule has 1 heterocycles. The van der Waals surface area contributed by atoms with Crippen LogP contribution in [-0.4, -0.2) is 55.0 Å². The minimum Gasteiger partial charge on any atom is -0.340 e. The van der Waals surface area contributed by atoms with Gasteiger partial charge in [-0.2, -0.15) is 0 Å². The van der Waals surface area contributed by atoms with E-state index in [1.165, 1.54) is 24.3 Å². The largest absolute Gasteiger partial charge is 0.340 e. The zero-order valence-corrected chi connectivity index (χ0v) is 17.4. The predicted octanol–water partition coefficient (Wildman–Crippen LogP) is 3.39. The van der Waals surface area contributed by atoms with Gasteiger partial charge in [-0.05, 0) is 61.2 Å². The number of hydrogen-bond acceptors (Lipinski definition) is 3. The summed E-state index contributed by atoms with van der Waals surface area (Å²) in [5, 5.41) is 3.51. The molecule has 1 aliphatic heterocycles. The fourth-order valence-corrected chi connectivity index (χ4v) is 4.73. The van der Waals surface area contributed by atoms with E-state index >= 15 is 0 Å². The molecule has 0 aromatic heterocycles. The predicted molar refractivity (Wildman–Crippen MR) is 113 cm³/mol. The van der Waals surface area contributed by atoms with E-state index in [1.54, 1.807) is 18.2 Å². The summed E-state index contributed by atoms with van der Waals surface area (Å²) in [7, 11) is 2.07. The lowest BCUT2D eigenvalue weighted by molar-refractivity contribution is -0.137. The van der Waals surface area contributed by atoms with Crippen LogP contribution in [0, 0.1) is 17.6 Å². The van der Waals surface area contributed by atoms with E-state index in [4.69, 9.17) is 0 Å². The number of likely N-dealkylation sites (N-methyl/N-ethyl adjacent to an activating group) is 1. The van der Waals surface area contributed by atoms with Crippen molar-refractivity contribution in [3.8, 4) is 0 Å². The van der Waals surface area contributed by atoms with Gasteiger partial charge in [-0.25, -0.2) is 8.78 Å². The second kappa shape index (κ2) is 9.23. The molecule has 0 unspecified atom stereocenters. The molecule has 30 heavy (non-hydrogen) atoms. The highest BCUT2D eigenvalue weighted by Gasteiger charge is 2.41. The van der Waals surface area contributed by atoms with Crippen LogP contribution in [0.2, 0.25) is 0 Å². The number of piperazine rings is 1. The van der Waals surface area contributed by atoms with Crippen LogP contribution in [0.4, 0.5) is 8.78 Å². The summed E-state index contributed by atoms with van der Waals surface area (Å²) in [5.74, 6) is -0.369. The van der Waals surface area contributed by atoms with E-state index in [9.17, 15) is 13.6 Å². The van der Waals surface area contributed by atoms with Crippen LogP contribution in [0.3, 0.4) is 0 Å². The van der Waals surface area contributed by atoms with Gasteiger partial charge in [0.2, 0.25) is 5.91 Å². The zero-order valence-electron chi connectivity index (χ0n) is 17.4. The third-order valence-electron chi connectivity index (χ3n) is 6.48. The summed E-state index contributed by atoms with van der Waals surface area (Å²) in [6.45, 7) is 3.85. The number of carbonyl (C=O) groups excluding carboxylic acids is 1. The Morgan fingerprint density at radius 2 is 1.73 bits per heavy atom. The molecule has 1 saturated carbocycles. The molecular weight excluding hydrogens is 384 g/mol. The van der Waals surface area contributed by atoms with Gasteiger partial charge < -0.3 is 15.1 Å². The number of halogens is 2. The summed E-state index contributed by atoms with van der Waals surface area (Å²) < 4.78 is 26.9. The van der Waals surface area contributed by atoms with Crippen molar-refractivity contribution in [2.45, 2.75) is 31.3 Å². The zero-order chi connectivity index (χ0) is 21.1. The Morgan fingerprint density at radius 3 is 2.43 bits per heavy atom. The number of nitrogens with one attached hydrogen (secondary N) is 1. The van der Waals surface area contributed by atoms with Crippen molar-refractivity contribution in [3.63, 3.8) is 0 Å². The third kappa shape index (κ3) is 4.87. The molecule has 2 aliphatic rings. The Balaban J connectivity index is 1.48. The Morgan fingerprint density at radius 1 is 1.00 bits per heavy atom. The van der Waals surface area contributed by atoms with E-state index < -0.39 is 0 Å². The van der Waals surface area contributed by atoms with Gasteiger partial charge in [-0.15, -0.1) is 0 Å². The van der Waals surface area contributed by atoms with Crippen LogP contribution in [0.15, 0.2) is 48.5 Å². The first kappa shape index (κ1) is 20.9. The standard InChI is InChI=1S/C24H29F2N3O/c1-28-9-11-29(12-10-28)24(30)23-15-21(27-16-17-3-2-4-20(26)13-17)14-22(23)18-5-7-19(25)8-6-18/h2-8,13,21-23,27H,9-12,14-16H2,1H3/t21-,22+,23-/m0/s1. The second-order valence-corrected chi connectivity index (χ2v) is 8.57. The molecule has 1 saturated heterocycles. The normalized spacial score (nSPS) is 24.9. The fraction of sp³-hybridized carbons (Fsp3) is 0.458. The molecule has 2 fully saturated rings. The lowest BCUT2D eigenvalue weighted by Gasteiger charge is -2.35. The molecule has 2 aromatic carbocycles. The van der Waals surface area contributed by atoms with Crippen LogP contribution in [0.5, 0.6) is 0 Å². The lowest BCUT2D eigenvalue weighted by atomic mass is 9.87. The van der Waals surface area contributed by atoms with Gasteiger partial charge in [0.1, 0.15) is 11.6 Å². The van der Waals surface area contributed by atoms with Gasteiger partial charge >= 0.3 is 0 Å². The molecule has 0 bridgehead atoms. The maximum Gasteiger partial charge on any atom is 0.226 e. The number of hydrogen-bond donors (Lipinski definition) is 1. The molecule has 160 valence electrons. The molecule has 1 amide bonds. The highest BCUT2D eigenvalue weighted by molar-refractivity contribution is 5.80. The molecule has 0 spiro atoms. The van der Waals surface area contributed by atoms with Crippen molar-refractivity contribution in [2.75, 3.05) is 33.2 Å². The van der Waals surface area contributed by atoms with E-state index in [-0.39, 0.29) is 35.4 Å². The van der Waals surface area contributed by atoms with Gasteiger partial charge in [0.25, 0.3) is 0 Å². The van der Waals surface area contributed by atoms with E-state index in [0.717, 1.165) is 50.1 Å². The molecule has 2 aromatic rings. The average Bonchev–Trinajstić information content (AvgIpc) is 3.17. The summed E-state index contributed by atoms with van der Waals surface area (Å²) >= 11 is 0. The second-order valence-electron chi connectivity index (χ2n) is 8.57. The highest BCUT2D eigenvalue weighted by Crippen LogP contribution is 2.41. The summed E-state index contributed by atoms with van der Waals surface area (Å²) in [5.41, 5.74) is 1.90. The topological polar surface area (TPSA) is 35.6 Å². The van der Waals surface area contributed by atoms with E-state index in [2.05, 4.69) is 17.3 Å². The average molecular weight is 414 g/mol. The summed E-state index contributed by atoms with van der Waals surface area (Å²) in [6.07, 6.45) is 1.55. The van der Waals surface area contributed by atoms with Crippen molar-refractivity contribution in [2.24, 2.45) is 5.92 Å². The smallest absolute Gasteiger partial charge is 0.226 e. The molecule has 1 aliphatic carbocycles. The van der Waals surface area contributed by atoms with Crippen LogP contribution in [0.25, 0.3) is 0 Å². The first-order chi connectivity index (χ1) is 14.5. The van der Waals surface area contributed by atoms with Crippen molar-refractivity contribution in [1.82, 2.24) is 15.1 Å². The first-order valence-corrected chi connectivity index (χ1v) is 10.7. The summed E-state index contributed by atoms with van der Waals surface area (Å²) in [6, 6.07) is 13.3. The van der Waals surface area contributed by atoms with Gasteiger partial charge in [-0.3, -0.25) is 4.79 Å². The molecule has 4 nitrogen and oxygen atoms in total. The minimum atomic E-state index is -0.264. The van der Waals surface area contributed by atoms with Crippen LogP contribution in [-0.2, 0) is 11.3 Å². The quantitative estimate of drug-likeness (QED) is 0.816. The Labute approximate surface area is 176 Å². The van der Waals surface area contributed by atoms with Crippen molar-refractivity contribution in [3.05, 3.63) is 71.3 Å². The molecule has 1 N–H and O–H groups in total. The van der Waals surface area contributed by atoms with Gasteiger partial charge in [-0.1, -0.05) is 24.3 Å². The van der Waals surface area contributed by atoms with Crippen LogP contribution < -0.4 is 5.32 Å². The Kier molecular flexibility index (Phi) is 6.44. The van der Waals surface area contributed by atoms with Crippen molar-refractivity contribution >= 4 is 5.91 Å². The van der Waals surface area contributed by atoms with Gasteiger partial charge in [0.05, 0.1) is 0 Å². The highest BCUT2D eigenvalue weighted by atomic mass is 19.1. The van der Waals surface area contributed by atoms with Crippen LogP contribution in [0.1, 0.15) is 29.9 Å². The van der Waals surface area contributed by atoms with Crippen molar-refractivity contribution < 1.29 is 13.6 Å². The number of rotatable bonds is 5. The Bertz CT molecular complexity index is 865. The lowest BCUT2D eigenvalue weighted by Crippen LogP contribution is -2.49. The van der Waals surface area contributed by atoms with E-state index in [0.29, 0.717) is 6.54 Å². The minimum absolute atomic E-state index is 0.0581. The molecular formula is C24H29F2N3O. The molecule has 0 radical (unpaired) electrons. The van der Waals surface area contributed by atoms with Gasteiger partial charge in [0.15, 0.2) is 0 Å². The fourth-order valence-electron chi connectivity index (χ4n) is 4.73. The van der Waals surface area contributed by atoms with Gasteiger partial charge in [0, 0.05) is 44.7 Å². The maximum atomic E-state index is 13.5. The van der Waals surface area contributed by atoms with Crippen molar-refractivity contribution in [1.29, 1.82) is 0 Å². The monoisotopic (exact) mass is 413 g/mol.